The van der Waals surface area contributed by atoms with Gasteiger partial charge < -0.3 is 10.2 Å². The zero-order valence-electron chi connectivity index (χ0n) is 15.2. The Kier molecular flexibility index (Phi) is 5.88. The molecule has 0 aliphatic carbocycles. The van der Waals surface area contributed by atoms with Crippen LogP contribution < -0.4 is 16.6 Å². The number of nitrogens with one attached hydrogen (secondary N) is 2. The van der Waals surface area contributed by atoms with Gasteiger partial charge in [0.05, 0.1) is 10.9 Å². The van der Waals surface area contributed by atoms with Crippen LogP contribution in [-0.2, 0) is 11.3 Å². The summed E-state index contributed by atoms with van der Waals surface area (Å²) in [7, 11) is 0. The van der Waals surface area contributed by atoms with Gasteiger partial charge in [-0.3, -0.25) is 19.1 Å². The fourth-order valence-electron chi connectivity index (χ4n) is 3.52. The maximum atomic E-state index is 12.2. The highest BCUT2D eigenvalue weighted by atomic mass is 16.2. The van der Waals surface area contributed by atoms with Gasteiger partial charge in [-0.1, -0.05) is 19.1 Å². The minimum Gasteiger partial charge on any atom is -0.356 e. The SMILES string of the molecule is CC(CNC(=O)CCn1c(=O)[nH]c(=O)c2ccccc21)CN1CCCC1. The van der Waals surface area contributed by atoms with E-state index in [0.717, 1.165) is 19.6 Å². The Labute approximate surface area is 152 Å². The first-order chi connectivity index (χ1) is 12.5. The third-order valence-electron chi connectivity index (χ3n) is 4.88. The molecule has 140 valence electrons. The monoisotopic (exact) mass is 358 g/mol. The zero-order valence-corrected chi connectivity index (χ0v) is 15.2. The number of benzene rings is 1. The second kappa shape index (κ2) is 8.31. The minimum atomic E-state index is -0.482. The van der Waals surface area contributed by atoms with Crippen molar-refractivity contribution in [3.63, 3.8) is 0 Å². The molecule has 1 aliphatic rings. The molecule has 0 bridgehead atoms. The molecule has 0 saturated carbocycles. The molecule has 26 heavy (non-hydrogen) atoms. The standard InChI is InChI=1S/C19H26N4O3/c1-14(13-22-9-4-5-10-22)12-20-17(24)8-11-23-16-7-3-2-6-15(16)18(25)21-19(23)26/h2-3,6-7,14H,4-5,8-13H2,1H3,(H,20,24)(H,21,25,26). The minimum absolute atomic E-state index is 0.0829. The lowest BCUT2D eigenvalue weighted by atomic mass is 10.1. The number of aryl methyl sites for hydroxylation is 1. The number of nitrogens with zero attached hydrogens (tertiary/aromatic N) is 2. The van der Waals surface area contributed by atoms with Crippen molar-refractivity contribution in [1.82, 2.24) is 19.8 Å². The number of H-pyrrole nitrogens is 1. The molecule has 1 aliphatic heterocycles. The second-order valence-corrected chi connectivity index (χ2v) is 7.10. The highest BCUT2D eigenvalue weighted by Gasteiger charge is 2.15. The van der Waals surface area contributed by atoms with Crippen LogP contribution in [-0.4, -0.2) is 46.5 Å². The van der Waals surface area contributed by atoms with Crippen molar-refractivity contribution >= 4 is 16.8 Å². The van der Waals surface area contributed by atoms with E-state index in [-0.39, 0.29) is 18.9 Å². The highest BCUT2D eigenvalue weighted by Crippen LogP contribution is 2.10. The fraction of sp³-hybridized carbons (Fsp3) is 0.526. The van der Waals surface area contributed by atoms with E-state index in [1.54, 1.807) is 24.3 Å². The summed E-state index contributed by atoms with van der Waals surface area (Å²) in [6, 6.07) is 6.92. The third-order valence-corrected chi connectivity index (χ3v) is 4.88. The molecule has 0 radical (unpaired) electrons. The van der Waals surface area contributed by atoms with Gasteiger partial charge in [0, 0.05) is 26.1 Å². The van der Waals surface area contributed by atoms with Crippen molar-refractivity contribution in [2.24, 2.45) is 5.92 Å². The van der Waals surface area contributed by atoms with Gasteiger partial charge in [0.25, 0.3) is 5.56 Å². The Balaban J connectivity index is 1.55. The van der Waals surface area contributed by atoms with Crippen LogP contribution in [0.4, 0.5) is 0 Å². The molecule has 1 amide bonds. The van der Waals surface area contributed by atoms with E-state index in [2.05, 4.69) is 22.1 Å². The van der Waals surface area contributed by atoms with Crippen molar-refractivity contribution in [1.29, 1.82) is 0 Å². The lowest BCUT2D eigenvalue weighted by Crippen LogP contribution is -2.36. The molecule has 1 aromatic carbocycles. The molecule has 1 saturated heterocycles. The fourth-order valence-corrected chi connectivity index (χ4v) is 3.52. The Morgan fingerprint density at radius 1 is 1.23 bits per heavy atom. The first kappa shape index (κ1) is 18.4. The summed E-state index contributed by atoms with van der Waals surface area (Å²) in [4.78, 5) is 40.9. The Morgan fingerprint density at radius 2 is 1.96 bits per heavy atom. The zero-order chi connectivity index (χ0) is 18.5. The number of aromatic amines is 1. The maximum Gasteiger partial charge on any atom is 0.328 e. The van der Waals surface area contributed by atoms with Crippen molar-refractivity contribution in [2.75, 3.05) is 26.2 Å². The van der Waals surface area contributed by atoms with Crippen molar-refractivity contribution in [3.05, 3.63) is 45.1 Å². The third kappa shape index (κ3) is 4.40. The number of carbonyl (C=O) groups excluding carboxylic acids is 1. The van der Waals surface area contributed by atoms with E-state index in [0.29, 0.717) is 23.4 Å². The highest BCUT2D eigenvalue weighted by molar-refractivity contribution is 5.78. The van der Waals surface area contributed by atoms with E-state index in [1.165, 1.54) is 17.4 Å². The van der Waals surface area contributed by atoms with Gasteiger partial charge in [-0.25, -0.2) is 4.79 Å². The molecular weight excluding hydrogens is 332 g/mol. The van der Waals surface area contributed by atoms with Gasteiger partial charge >= 0.3 is 5.69 Å². The number of fused-ring (bicyclic) bond motifs is 1. The Bertz CT molecular complexity index is 880. The Morgan fingerprint density at radius 3 is 2.73 bits per heavy atom. The summed E-state index contributed by atoms with van der Waals surface area (Å²) >= 11 is 0. The molecule has 2 heterocycles. The van der Waals surface area contributed by atoms with Crippen molar-refractivity contribution in [3.8, 4) is 0 Å². The lowest BCUT2D eigenvalue weighted by Gasteiger charge is -2.20. The van der Waals surface area contributed by atoms with Gasteiger partial charge in [-0.15, -0.1) is 0 Å². The molecular formula is C19H26N4O3. The van der Waals surface area contributed by atoms with Gasteiger partial charge in [0.1, 0.15) is 0 Å². The molecule has 1 atom stereocenters. The number of likely N-dealkylation sites (tertiary alicyclic amines) is 1. The molecule has 1 aromatic heterocycles. The van der Waals surface area contributed by atoms with Crippen LogP contribution in [0.25, 0.3) is 10.9 Å². The number of amides is 1. The Hall–Kier alpha value is -2.41. The van der Waals surface area contributed by atoms with Crippen LogP contribution in [0.3, 0.4) is 0 Å². The molecule has 3 rings (SSSR count). The van der Waals surface area contributed by atoms with Crippen molar-refractivity contribution < 1.29 is 4.79 Å². The van der Waals surface area contributed by atoms with Gasteiger partial charge in [-0.05, 0) is 44.0 Å². The van der Waals surface area contributed by atoms with E-state index < -0.39 is 11.2 Å². The van der Waals surface area contributed by atoms with Crippen LogP contribution in [0.1, 0.15) is 26.2 Å². The van der Waals surface area contributed by atoms with E-state index in [9.17, 15) is 14.4 Å². The molecule has 7 nitrogen and oxygen atoms in total. The predicted octanol–water partition coefficient (Wildman–Crippen LogP) is 0.928. The molecule has 2 aromatic rings. The summed E-state index contributed by atoms with van der Waals surface area (Å²) in [5.74, 6) is 0.314. The van der Waals surface area contributed by atoms with Crippen LogP contribution in [0.15, 0.2) is 33.9 Å². The van der Waals surface area contributed by atoms with Crippen LogP contribution >= 0.6 is 0 Å². The number of hydrogen-bond acceptors (Lipinski definition) is 4. The average Bonchev–Trinajstić information content (AvgIpc) is 3.12. The van der Waals surface area contributed by atoms with Gasteiger partial charge in [0.15, 0.2) is 0 Å². The molecule has 1 unspecified atom stereocenters. The predicted molar refractivity (Wildman–Crippen MR) is 101 cm³/mol. The summed E-state index contributed by atoms with van der Waals surface area (Å²) in [5, 5.41) is 3.40. The maximum absolute atomic E-state index is 12.2. The molecule has 7 heteroatoms. The van der Waals surface area contributed by atoms with Crippen LogP contribution in [0.2, 0.25) is 0 Å². The van der Waals surface area contributed by atoms with Crippen LogP contribution in [0.5, 0.6) is 0 Å². The summed E-state index contributed by atoms with van der Waals surface area (Å²) < 4.78 is 1.45. The average molecular weight is 358 g/mol. The van der Waals surface area contributed by atoms with Crippen molar-refractivity contribution in [2.45, 2.75) is 32.7 Å². The summed E-state index contributed by atoms with van der Waals surface area (Å²) in [5.41, 5.74) is -0.331. The molecule has 1 fully saturated rings. The normalized spacial score (nSPS) is 16.0. The van der Waals surface area contributed by atoms with E-state index in [4.69, 9.17) is 0 Å². The van der Waals surface area contributed by atoms with Gasteiger partial charge in [-0.2, -0.15) is 0 Å². The van der Waals surface area contributed by atoms with Gasteiger partial charge in [0.2, 0.25) is 5.91 Å². The molecule has 0 spiro atoms. The summed E-state index contributed by atoms with van der Waals surface area (Å²) in [6.07, 6.45) is 2.73. The number of carbonyl (C=O) groups is 1. The second-order valence-electron chi connectivity index (χ2n) is 7.10. The first-order valence-electron chi connectivity index (χ1n) is 9.25. The topological polar surface area (TPSA) is 87.2 Å². The number of aromatic nitrogens is 2. The van der Waals surface area contributed by atoms with E-state index in [1.807, 2.05) is 0 Å². The number of para-hydroxylation sites is 1. The van der Waals surface area contributed by atoms with Crippen LogP contribution in [0, 0.1) is 5.92 Å². The van der Waals surface area contributed by atoms with E-state index >= 15 is 0 Å². The first-order valence-corrected chi connectivity index (χ1v) is 9.25. The lowest BCUT2D eigenvalue weighted by molar-refractivity contribution is -0.121. The summed E-state index contributed by atoms with van der Waals surface area (Å²) in [6.45, 7) is 6.32. The smallest absolute Gasteiger partial charge is 0.328 e. The molecule has 2 N–H and O–H groups in total. The largest absolute Gasteiger partial charge is 0.356 e. The number of rotatable bonds is 7. The number of hydrogen-bond donors (Lipinski definition) is 2. The quantitative estimate of drug-likeness (QED) is 0.771.